The number of nitrogens with one attached hydrogen (secondary N) is 1. The average Bonchev–Trinajstić information content (AvgIpc) is 2.64. The minimum atomic E-state index is -0.694. The maximum Gasteiger partial charge on any atom is 0.299 e. The number of benzene rings is 1. The van der Waals surface area contributed by atoms with Crippen molar-refractivity contribution in [3.63, 3.8) is 0 Å². The quantitative estimate of drug-likeness (QED) is 0.913. The molecule has 0 saturated carbocycles. The van der Waals surface area contributed by atoms with Gasteiger partial charge in [-0.25, -0.2) is 8.78 Å². The number of halogens is 2. The average molecular weight is 257 g/mol. The summed E-state index contributed by atoms with van der Waals surface area (Å²) in [6, 6.07) is 2.95. The highest BCUT2D eigenvalue weighted by Gasteiger charge is 2.07. The zero-order valence-electron chi connectivity index (χ0n) is 8.91. The Morgan fingerprint density at radius 3 is 2.59 bits per heavy atom. The van der Waals surface area contributed by atoms with E-state index < -0.39 is 11.6 Å². The second-order valence-electron chi connectivity index (χ2n) is 3.20. The van der Waals surface area contributed by atoms with Crippen LogP contribution >= 0.6 is 11.3 Å². The van der Waals surface area contributed by atoms with E-state index in [0.29, 0.717) is 6.54 Å². The summed E-state index contributed by atoms with van der Waals surface area (Å²) in [7, 11) is 1.78. The van der Waals surface area contributed by atoms with E-state index in [-0.39, 0.29) is 10.9 Å². The van der Waals surface area contributed by atoms with Crippen molar-refractivity contribution in [3.05, 3.63) is 34.8 Å². The lowest BCUT2D eigenvalue weighted by Crippen LogP contribution is -2.04. The molecule has 0 amide bonds. The van der Waals surface area contributed by atoms with Crippen LogP contribution in [0.5, 0.6) is 10.9 Å². The van der Waals surface area contributed by atoms with Crippen LogP contribution in [0.25, 0.3) is 0 Å². The van der Waals surface area contributed by atoms with E-state index in [1.165, 1.54) is 11.3 Å². The predicted molar refractivity (Wildman–Crippen MR) is 59.1 cm³/mol. The molecule has 4 nitrogen and oxygen atoms in total. The van der Waals surface area contributed by atoms with Crippen molar-refractivity contribution in [1.29, 1.82) is 0 Å². The topological polar surface area (TPSA) is 47.0 Å². The molecule has 0 radical (unpaired) electrons. The third-order valence-electron chi connectivity index (χ3n) is 1.82. The molecule has 0 fully saturated rings. The number of aromatic nitrogens is 2. The Bertz CT molecular complexity index is 498. The lowest BCUT2D eigenvalue weighted by molar-refractivity contribution is 0.460. The Hall–Kier alpha value is -1.60. The highest BCUT2D eigenvalue weighted by molar-refractivity contribution is 7.13. The summed E-state index contributed by atoms with van der Waals surface area (Å²) in [6.07, 6.45) is 0. The molecule has 1 aromatic carbocycles. The van der Waals surface area contributed by atoms with E-state index in [1.54, 1.807) is 7.05 Å². The third-order valence-corrected chi connectivity index (χ3v) is 2.62. The zero-order chi connectivity index (χ0) is 12.3. The van der Waals surface area contributed by atoms with Crippen LogP contribution in [0.15, 0.2) is 18.2 Å². The summed E-state index contributed by atoms with van der Waals surface area (Å²) in [5, 5.41) is 11.5. The van der Waals surface area contributed by atoms with E-state index in [0.717, 1.165) is 23.2 Å². The van der Waals surface area contributed by atoms with Gasteiger partial charge in [-0.05, 0) is 7.05 Å². The monoisotopic (exact) mass is 257 g/mol. The molecule has 0 aliphatic rings. The second-order valence-corrected chi connectivity index (χ2v) is 4.22. The van der Waals surface area contributed by atoms with E-state index in [4.69, 9.17) is 4.74 Å². The van der Waals surface area contributed by atoms with E-state index in [1.807, 2.05) is 0 Å². The lowest BCUT2D eigenvalue weighted by atomic mass is 10.3. The smallest absolute Gasteiger partial charge is 0.299 e. The summed E-state index contributed by atoms with van der Waals surface area (Å²) < 4.78 is 31.0. The van der Waals surface area contributed by atoms with Crippen LogP contribution in [0.1, 0.15) is 5.01 Å². The maximum absolute atomic E-state index is 12.9. The molecule has 0 unspecified atom stereocenters. The molecule has 2 aromatic rings. The molecule has 90 valence electrons. The molecule has 0 saturated heterocycles. The van der Waals surface area contributed by atoms with Crippen LogP contribution in [0.4, 0.5) is 8.78 Å². The van der Waals surface area contributed by atoms with Crippen molar-refractivity contribution in [2.45, 2.75) is 6.54 Å². The second kappa shape index (κ2) is 5.15. The van der Waals surface area contributed by atoms with E-state index in [2.05, 4.69) is 15.5 Å². The molecule has 1 heterocycles. The van der Waals surface area contributed by atoms with Crippen LogP contribution < -0.4 is 10.1 Å². The molecule has 0 aliphatic heterocycles. The Morgan fingerprint density at radius 2 is 1.94 bits per heavy atom. The van der Waals surface area contributed by atoms with Gasteiger partial charge in [0, 0.05) is 24.7 Å². The molecule has 17 heavy (non-hydrogen) atoms. The number of hydrogen-bond acceptors (Lipinski definition) is 5. The van der Waals surface area contributed by atoms with Crippen molar-refractivity contribution >= 4 is 11.3 Å². The van der Waals surface area contributed by atoms with Crippen LogP contribution in [0, 0.1) is 11.6 Å². The van der Waals surface area contributed by atoms with Crippen molar-refractivity contribution in [2.24, 2.45) is 0 Å². The Kier molecular flexibility index (Phi) is 3.60. The summed E-state index contributed by atoms with van der Waals surface area (Å²) in [6.45, 7) is 0.568. The Labute approximate surface area is 100 Å². The fourth-order valence-corrected chi connectivity index (χ4v) is 1.91. The van der Waals surface area contributed by atoms with Gasteiger partial charge >= 0.3 is 0 Å². The minimum Gasteiger partial charge on any atom is -0.430 e. The standard InChI is InChI=1S/C10H9F2N3OS/c1-13-5-9-14-15-10(17-9)16-8-3-6(11)2-7(12)4-8/h2-4,13H,5H2,1H3. The molecule has 0 bridgehead atoms. The number of hydrogen-bond donors (Lipinski definition) is 1. The van der Waals surface area contributed by atoms with Crippen molar-refractivity contribution in [3.8, 4) is 10.9 Å². The largest absolute Gasteiger partial charge is 0.430 e. The first-order valence-corrected chi connectivity index (χ1v) is 5.60. The van der Waals surface area contributed by atoms with Crippen LogP contribution in [0.3, 0.4) is 0 Å². The molecule has 0 atom stereocenters. The fraction of sp³-hybridized carbons (Fsp3) is 0.200. The zero-order valence-corrected chi connectivity index (χ0v) is 9.72. The molecule has 0 spiro atoms. The van der Waals surface area contributed by atoms with E-state index >= 15 is 0 Å². The molecular weight excluding hydrogens is 248 g/mol. The molecule has 0 aliphatic carbocycles. The fourth-order valence-electron chi connectivity index (χ4n) is 1.19. The first-order chi connectivity index (χ1) is 8.17. The van der Waals surface area contributed by atoms with Gasteiger partial charge in [0.15, 0.2) is 0 Å². The van der Waals surface area contributed by atoms with Crippen molar-refractivity contribution in [2.75, 3.05) is 7.05 Å². The first kappa shape index (κ1) is 11.9. The van der Waals surface area contributed by atoms with Crippen LogP contribution in [0.2, 0.25) is 0 Å². The van der Waals surface area contributed by atoms with Gasteiger partial charge in [-0.2, -0.15) is 0 Å². The Morgan fingerprint density at radius 1 is 1.24 bits per heavy atom. The van der Waals surface area contributed by atoms with Gasteiger partial charge < -0.3 is 10.1 Å². The summed E-state index contributed by atoms with van der Waals surface area (Å²) >= 11 is 1.21. The highest BCUT2D eigenvalue weighted by atomic mass is 32.1. The lowest BCUT2D eigenvalue weighted by Gasteiger charge is -2.00. The number of nitrogens with zero attached hydrogens (tertiary/aromatic N) is 2. The van der Waals surface area contributed by atoms with Gasteiger partial charge in [-0.1, -0.05) is 16.4 Å². The predicted octanol–water partition coefficient (Wildman–Crippen LogP) is 2.33. The molecular formula is C10H9F2N3OS. The summed E-state index contributed by atoms with van der Waals surface area (Å²) in [5.74, 6) is -1.32. The summed E-state index contributed by atoms with van der Waals surface area (Å²) in [5.41, 5.74) is 0. The molecule has 2 rings (SSSR count). The molecule has 7 heteroatoms. The van der Waals surface area contributed by atoms with Gasteiger partial charge in [0.05, 0.1) is 0 Å². The van der Waals surface area contributed by atoms with Gasteiger partial charge in [0.25, 0.3) is 5.19 Å². The number of ether oxygens (including phenoxy) is 1. The normalized spacial score (nSPS) is 10.5. The summed E-state index contributed by atoms with van der Waals surface area (Å²) in [4.78, 5) is 0. The third kappa shape index (κ3) is 3.18. The van der Waals surface area contributed by atoms with Gasteiger partial charge in [-0.15, -0.1) is 5.10 Å². The molecule has 1 N–H and O–H groups in total. The molecule has 1 aromatic heterocycles. The van der Waals surface area contributed by atoms with Crippen molar-refractivity contribution < 1.29 is 13.5 Å². The van der Waals surface area contributed by atoms with Crippen LogP contribution in [-0.2, 0) is 6.54 Å². The SMILES string of the molecule is CNCc1nnc(Oc2cc(F)cc(F)c2)s1. The number of rotatable bonds is 4. The minimum absolute atomic E-state index is 0.0645. The first-order valence-electron chi connectivity index (χ1n) is 4.78. The Balaban J connectivity index is 2.13. The van der Waals surface area contributed by atoms with Gasteiger partial charge in [0.1, 0.15) is 22.4 Å². The van der Waals surface area contributed by atoms with Gasteiger partial charge in [-0.3, -0.25) is 0 Å². The van der Waals surface area contributed by atoms with E-state index in [9.17, 15) is 8.78 Å². The van der Waals surface area contributed by atoms with Crippen LogP contribution in [-0.4, -0.2) is 17.2 Å². The van der Waals surface area contributed by atoms with Gasteiger partial charge in [0.2, 0.25) is 0 Å². The maximum atomic E-state index is 12.9. The highest BCUT2D eigenvalue weighted by Crippen LogP contribution is 2.26. The van der Waals surface area contributed by atoms with Crippen molar-refractivity contribution in [1.82, 2.24) is 15.5 Å².